The SMILES string of the molecule is COc1ccc(C(N)=S)cc1COc1cccc(F)c1F. The van der Waals surface area contributed by atoms with Crippen molar-refractivity contribution in [1.29, 1.82) is 0 Å². The smallest absolute Gasteiger partial charge is 0.200 e. The second-order valence-electron chi connectivity index (χ2n) is 4.23. The van der Waals surface area contributed by atoms with Crippen molar-refractivity contribution in [3.8, 4) is 11.5 Å². The Morgan fingerprint density at radius 1 is 1.19 bits per heavy atom. The third kappa shape index (κ3) is 3.46. The fourth-order valence-electron chi connectivity index (χ4n) is 1.80. The Bertz CT molecular complexity index is 677. The molecule has 0 aliphatic heterocycles. The molecule has 110 valence electrons. The van der Waals surface area contributed by atoms with Gasteiger partial charge in [-0.1, -0.05) is 18.3 Å². The highest BCUT2D eigenvalue weighted by Crippen LogP contribution is 2.24. The van der Waals surface area contributed by atoms with Gasteiger partial charge in [0.05, 0.1) is 7.11 Å². The summed E-state index contributed by atoms with van der Waals surface area (Å²) < 4.78 is 37.1. The number of halogens is 2. The van der Waals surface area contributed by atoms with Crippen molar-refractivity contribution >= 4 is 17.2 Å². The van der Waals surface area contributed by atoms with Gasteiger partial charge in [0.2, 0.25) is 5.82 Å². The number of thiocarbonyl (C=S) groups is 1. The van der Waals surface area contributed by atoms with Crippen LogP contribution in [0.4, 0.5) is 8.78 Å². The maximum absolute atomic E-state index is 13.5. The molecule has 0 aliphatic carbocycles. The van der Waals surface area contributed by atoms with E-state index in [1.54, 1.807) is 18.2 Å². The summed E-state index contributed by atoms with van der Waals surface area (Å²) in [5.74, 6) is -1.61. The molecule has 0 amide bonds. The summed E-state index contributed by atoms with van der Waals surface area (Å²) in [6.45, 7) is 0. The van der Waals surface area contributed by atoms with Crippen molar-refractivity contribution in [2.24, 2.45) is 5.73 Å². The van der Waals surface area contributed by atoms with Crippen LogP contribution in [0.5, 0.6) is 11.5 Å². The Balaban J connectivity index is 2.24. The molecular weight excluding hydrogens is 296 g/mol. The summed E-state index contributed by atoms with van der Waals surface area (Å²) in [7, 11) is 1.50. The average Bonchev–Trinajstić information content (AvgIpc) is 2.48. The number of benzene rings is 2. The largest absolute Gasteiger partial charge is 0.496 e. The molecule has 0 spiro atoms. The number of hydrogen-bond donors (Lipinski definition) is 1. The molecule has 0 unspecified atom stereocenters. The first-order valence-corrected chi connectivity index (χ1v) is 6.47. The standard InChI is InChI=1S/C15H13F2NO2S/c1-19-12-6-5-9(15(18)21)7-10(12)8-20-13-4-2-3-11(16)14(13)17/h2-7H,8H2,1H3,(H2,18,21). The average molecular weight is 309 g/mol. The van der Waals surface area contributed by atoms with Gasteiger partial charge in [0, 0.05) is 11.1 Å². The van der Waals surface area contributed by atoms with Crippen LogP contribution in [0.3, 0.4) is 0 Å². The molecule has 0 saturated carbocycles. The quantitative estimate of drug-likeness (QED) is 0.862. The summed E-state index contributed by atoms with van der Waals surface area (Å²) in [5, 5.41) is 0. The summed E-state index contributed by atoms with van der Waals surface area (Å²) >= 11 is 4.90. The molecule has 2 N–H and O–H groups in total. The zero-order chi connectivity index (χ0) is 15.4. The Labute approximate surface area is 126 Å². The predicted molar refractivity (Wildman–Crippen MR) is 79.6 cm³/mol. The molecule has 2 rings (SSSR count). The van der Waals surface area contributed by atoms with Crippen LogP contribution >= 0.6 is 12.2 Å². The van der Waals surface area contributed by atoms with Gasteiger partial charge in [0.1, 0.15) is 17.3 Å². The first kappa shape index (κ1) is 15.2. The first-order valence-electron chi connectivity index (χ1n) is 6.06. The normalized spacial score (nSPS) is 10.2. The molecule has 0 radical (unpaired) electrons. The van der Waals surface area contributed by atoms with E-state index in [9.17, 15) is 8.78 Å². The lowest BCUT2D eigenvalue weighted by Gasteiger charge is -2.12. The highest BCUT2D eigenvalue weighted by Gasteiger charge is 2.11. The number of ether oxygens (including phenoxy) is 2. The third-order valence-electron chi connectivity index (χ3n) is 2.86. The van der Waals surface area contributed by atoms with Gasteiger partial charge in [-0.2, -0.15) is 4.39 Å². The van der Waals surface area contributed by atoms with E-state index in [1.807, 2.05) is 0 Å². The summed E-state index contributed by atoms with van der Waals surface area (Å²) in [6.07, 6.45) is 0. The number of methoxy groups -OCH3 is 1. The highest BCUT2D eigenvalue weighted by molar-refractivity contribution is 7.80. The van der Waals surface area contributed by atoms with Gasteiger partial charge in [-0.05, 0) is 30.3 Å². The van der Waals surface area contributed by atoms with Gasteiger partial charge in [-0.15, -0.1) is 0 Å². The monoisotopic (exact) mass is 309 g/mol. The van der Waals surface area contributed by atoms with E-state index in [2.05, 4.69) is 0 Å². The number of nitrogens with two attached hydrogens (primary N) is 1. The van der Waals surface area contributed by atoms with Gasteiger partial charge < -0.3 is 15.2 Å². The molecule has 0 aliphatic rings. The topological polar surface area (TPSA) is 44.5 Å². The third-order valence-corrected chi connectivity index (χ3v) is 3.10. The van der Waals surface area contributed by atoms with Crippen LogP contribution in [0, 0.1) is 11.6 Å². The van der Waals surface area contributed by atoms with Crippen LogP contribution < -0.4 is 15.2 Å². The van der Waals surface area contributed by atoms with Crippen molar-refractivity contribution in [3.63, 3.8) is 0 Å². The molecular formula is C15H13F2NO2S. The lowest BCUT2D eigenvalue weighted by atomic mass is 10.1. The molecule has 6 heteroatoms. The fraction of sp³-hybridized carbons (Fsp3) is 0.133. The van der Waals surface area contributed by atoms with E-state index in [1.165, 1.54) is 19.2 Å². The van der Waals surface area contributed by atoms with E-state index in [4.69, 9.17) is 27.4 Å². The van der Waals surface area contributed by atoms with Crippen molar-refractivity contribution in [3.05, 3.63) is 59.2 Å². The molecule has 0 atom stereocenters. The molecule has 21 heavy (non-hydrogen) atoms. The predicted octanol–water partition coefficient (Wildman–Crippen LogP) is 3.19. The van der Waals surface area contributed by atoms with Gasteiger partial charge >= 0.3 is 0 Å². The Hall–Kier alpha value is -2.21. The Kier molecular flexibility index (Phi) is 4.70. The van der Waals surface area contributed by atoms with Gasteiger partial charge in [0.25, 0.3) is 0 Å². The summed E-state index contributed by atoms with van der Waals surface area (Å²) in [4.78, 5) is 0.232. The Morgan fingerprint density at radius 3 is 2.62 bits per heavy atom. The molecule has 0 saturated heterocycles. The number of hydrogen-bond acceptors (Lipinski definition) is 3. The maximum atomic E-state index is 13.5. The van der Waals surface area contributed by atoms with E-state index < -0.39 is 11.6 Å². The zero-order valence-corrected chi connectivity index (χ0v) is 12.0. The van der Waals surface area contributed by atoms with Crippen molar-refractivity contribution < 1.29 is 18.3 Å². The van der Waals surface area contributed by atoms with Gasteiger partial charge in [-0.3, -0.25) is 0 Å². The second kappa shape index (κ2) is 6.49. The maximum Gasteiger partial charge on any atom is 0.200 e. The highest BCUT2D eigenvalue weighted by atomic mass is 32.1. The second-order valence-corrected chi connectivity index (χ2v) is 4.67. The molecule has 3 nitrogen and oxygen atoms in total. The molecule has 2 aromatic rings. The van der Waals surface area contributed by atoms with E-state index in [-0.39, 0.29) is 17.3 Å². The number of rotatable bonds is 5. The lowest BCUT2D eigenvalue weighted by Crippen LogP contribution is -2.10. The van der Waals surface area contributed by atoms with Crippen molar-refractivity contribution in [1.82, 2.24) is 0 Å². The van der Waals surface area contributed by atoms with E-state index in [0.29, 0.717) is 16.9 Å². The molecule has 0 bridgehead atoms. The lowest BCUT2D eigenvalue weighted by molar-refractivity contribution is 0.277. The van der Waals surface area contributed by atoms with Crippen LogP contribution in [-0.4, -0.2) is 12.1 Å². The Morgan fingerprint density at radius 2 is 1.95 bits per heavy atom. The van der Waals surface area contributed by atoms with E-state index >= 15 is 0 Å². The van der Waals surface area contributed by atoms with Gasteiger partial charge in [-0.25, -0.2) is 4.39 Å². The summed E-state index contributed by atoms with van der Waals surface area (Å²) in [6, 6.07) is 8.84. The summed E-state index contributed by atoms with van der Waals surface area (Å²) in [5.41, 5.74) is 6.84. The fourth-order valence-corrected chi connectivity index (χ4v) is 1.92. The van der Waals surface area contributed by atoms with Crippen LogP contribution in [0.1, 0.15) is 11.1 Å². The minimum atomic E-state index is -1.03. The first-order chi connectivity index (χ1) is 10.0. The van der Waals surface area contributed by atoms with Crippen LogP contribution in [0.25, 0.3) is 0 Å². The van der Waals surface area contributed by atoms with Gasteiger partial charge in [0.15, 0.2) is 11.6 Å². The van der Waals surface area contributed by atoms with Crippen molar-refractivity contribution in [2.75, 3.05) is 7.11 Å². The zero-order valence-electron chi connectivity index (χ0n) is 11.2. The molecule has 0 heterocycles. The van der Waals surface area contributed by atoms with Crippen molar-refractivity contribution in [2.45, 2.75) is 6.61 Å². The molecule has 0 fully saturated rings. The minimum absolute atomic E-state index is 0. The van der Waals surface area contributed by atoms with E-state index in [0.717, 1.165) is 6.07 Å². The molecule has 0 aromatic heterocycles. The molecule has 2 aromatic carbocycles. The minimum Gasteiger partial charge on any atom is -0.496 e. The van der Waals surface area contributed by atoms with Crippen LogP contribution in [-0.2, 0) is 6.61 Å². The van der Waals surface area contributed by atoms with Crippen LogP contribution in [0.2, 0.25) is 0 Å². The van der Waals surface area contributed by atoms with Crippen LogP contribution in [0.15, 0.2) is 36.4 Å².